The van der Waals surface area contributed by atoms with Gasteiger partial charge in [-0.1, -0.05) is 6.92 Å². The number of halogens is 2. The van der Waals surface area contributed by atoms with Crippen LogP contribution in [0.1, 0.15) is 18.9 Å². The molecule has 18 heavy (non-hydrogen) atoms. The first-order valence-corrected chi connectivity index (χ1v) is 5.88. The van der Waals surface area contributed by atoms with Crippen LogP contribution < -0.4 is 5.32 Å². The van der Waals surface area contributed by atoms with E-state index >= 15 is 0 Å². The number of aryl methyl sites for hydroxylation is 1. The summed E-state index contributed by atoms with van der Waals surface area (Å²) in [6.45, 7) is 3.30. The summed E-state index contributed by atoms with van der Waals surface area (Å²) >= 11 is 0. The molecular weight excluding hydrogens is 236 g/mol. The second-order valence-corrected chi connectivity index (χ2v) is 4.12. The van der Waals surface area contributed by atoms with Crippen molar-refractivity contribution in [2.24, 2.45) is 0 Å². The molecule has 1 aromatic carbocycles. The molecule has 0 aliphatic carbocycles. The highest BCUT2D eigenvalue weighted by Gasteiger charge is 2.02. The molecule has 3 nitrogen and oxygen atoms in total. The molecule has 0 spiro atoms. The van der Waals surface area contributed by atoms with Crippen LogP contribution in [0.25, 0.3) is 0 Å². The Balaban J connectivity index is 1.97. The van der Waals surface area contributed by atoms with E-state index in [1.165, 1.54) is 12.1 Å². The first kappa shape index (κ1) is 12.5. The predicted molar refractivity (Wildman–Crippen MR) is 66.2 cm³/mol. The van der Waals surface area contributed by atoms with Crippen molar-refractivity contribution in [2.75, 3.05) is 5.32 Å². The number of anilines is 1. The molecule has 1 aromatic heterocycles. The zero-order valence-corrected chi connectivity index (χ0v) is 10.2. The highest BCUT2D eigenvalue weighted by Crippen LogP contribution is 2.11. The maximum Gasteiger partial charge on any atom is 0.126 e. The van der Waals surface area contributed by atoms with Gasteiger partial charge in [0, 0.05) is 25.4 Å². The first-order valence-electron chi connectivity index (χ1n) is 5.88. The Labute approximate surface area is 104 Å². The van der Waals surface area contributed by atoms with E-state index in [0.29, 0.717) is 12.1 Å². The standard InChI is InChI=1S/C13H15F2N3/c1-2-3-18-9-13(8-17-18)16-7-10-4-11(14)6-12(15)5-10/h4-6,8-9,16H,2-3,7H2,1H3. The number of benzene rings is 1. The van der Waals surface area contributed by atoms with Gasteiger partial charge in [-0.05, 0) is 24.1 Å². The Bertz CT molecular complexity index is 502. The van der Waals surface area contributed by atoms with Crippen LogP contribution in [0.3, 0.4) is 0 Å². The Morgan fingerprint density at radius 2 is 1.94 bits per heavy atom. The Morgan fingerprint density at radius 3 is 2.61 bits per heavy atom. The van der Waals surface area contributed by atoms with Gasteiger partial charge in [0.15, 0.2) is 0 Å². The fourth-order valence-corrected chi connectivity index (χ4v) is 1.72. The van der Waals surface area contributed by atoms with E-state index in [2.05, 4.69) is 17.3 Å². The molecule has 0 saturated heterocycles. The van der Waals surface area contributed by atoms with E-state index in [1.54, 1.807) is 6.20 Å². The molecule has 0 aliphatic rings. The van der Waals surface area contributed by atoms with E-state index in [1.807, 2.05) is 10.9 Å². The van der Waals surface area contributed by atoms with Gasteiger partial charge < -0.3 is 5.32 Å². The first-order chi connectivity index (χ1) is 8.67. The lowest BCUT2D eigenvalue weighted by atomic mass is 10.2. The summed E-state index contributed by atoms with van der Waals surface area (Å²) in [4.78, 5) is 0. The molecule has 0 amide bonds. The summed E-state index contributed by atoms with van der Waals surface area (Å²) in [5, 5.41) is 7.24. The maximum absolute atomic E-state index is 13.0. The lowest BCUT2D eigenvalue weighted by Gasteiger charge is -2.04. The normalized spacial score (nSPS) is 10.6. The van der Waals surface area contributed by atoms with Crippen LogP contribution in [0.2, 0.25) is 0 Å². The van der Waals surface area contributed by atoms with Crippen LogP contribution in [0.5, 0.6) is 0 Å². The van der Waals surface area contributed by atoms with E-state index in [4.69, 9.17) is 0 Å². The zero-order valence-electron chi connectivity index (χ0n) is 10.2. The van der Waals surface area contributed by atoms with Crippen molar-refractivity contribution in [3.05, 3.63) is 47.8 Å². The molecule has 96 valence electrons. The maximum atomic E-state index is 13.0. The Hall–Kier alpha value is -1.91. The third kappa shape index (κ3) is 3.29. The van der Waals surface area contributed by atoms with E-state index in [0.717, 1.165) is 24.7 Å². The number of hydrogen-bond donors (Lipinski definition) is 1. The molecular formula is C13H15F2N3. The number of nitrogens with zero attached hydrogens (tertiary/aromatic N) is 2. The summed E-state index contributed by atoms with van der Waals surface area (Å²) in [6, 6.07) is 3.49. The van der Waals surface area contributed by atoms with Crippen LogP contribution in [-0.2, 0) is 13.1 Å². The average molecular weight is 251 g/mol. The van der Waals surface area contributed by atoms with Gasteiger partial charge in [0.1, 0.15) is 11.6 Å². The summed E-state index contributed by atoms with van der Waals surface area (Å²) < 4.78 is 27.8. The van der Waals surface area contributed by atoms with Crippen LogP contribution in [-0.4, -0.2) is 9.78 Å². The summed E-state index contributed by atoms with van der Waals surface area (Å²) in [5.41, 5.74) is 1.41. The van der Waals surface area contributed by atoms with Crippen molar-refractivity contribution in [2.45, 2.75) is 26.4 Å². The molecule has 2 aromatic rings. The molecule has 0 saturated carbocycles. The number of rotatable bonds is 5. The third-order valence-electron chi connectivity index (χ3n) is 2.50. The fraction of sp³-hybridized carbons (Fsp3) is 0.308. The molecule has 0 atom stereocenters. The van der Waals surface area contributed by atoms with Crippen molar-refractivity contribution in [1.29, 1.82) is 0 Å². The summed E-state index contributed by atoms with van der Waals surface area (Å²) in [5.74, 6) is -1.12. The van der Waals surface area contributed by atoms with Crippen LogP contribution in [0.4, 0.5) is 14.5 Å². The van der Waals surface area contributed by atoms with Gasteiger partial charge in [-0.2, -0.15) is 5.10 Å². The molecule has 2 rings (SSSR count). The van der Waals surface area contributed by atoms with Crippen molar-refractivity contribution in [1.82, 2.24) is 9.78 Å². The summed E-state index contributed by atoms with van der Waals surface area (Å²) in [7, 11) is 0. The highest BCUT2D eigenvalue weighted by atomic mass is 19.1. The van der Waals surface area contributed by atoms with E-state index < -0.39 is 11.6 Å². The van der Waals surface area contributed by atoms with Gasteiger partial charge in [-0.25, -0.2) is 8.78 Å². The van der Waals surface area contributed by atoms with Crippen molar-refractivity contribution < 1.29 is 8.78 Å². The Morgan fingerprint density at radius 1 is 1.22 bits per heavy atom. The quantitative estimate of drug-likeness (QED) is 0.884. The lowest BCUT2D eigenvalue weighted by molar-refractivity contribution is 0.580. The number of hydrogen-bond acceptors (Lipinski definition) is 2. The third-order valence-corrected chi connectivity index (χ3v) is 2.50. The van der Waals surface area contributed by atoms with Crippen LogP contribution in [0.15, 0.2) is 30.6 Å². The lowest BCUT2D eigenvalue weighted by Crippen LogP contribution is -2.00. The second-order valence-electron chi connectivity index (χ2n) is 4.12. The van der Waals surface area contributed by atoms with Crippen molar-refractivity contribution in [3.63, 3.8) is 0 Å². The second kappa shape index (κ2) is 5.62. The largest absolute Gasteiger partial charge is 0.378 e. The molecule has 0 radical (unpaired) electrons. The van der Waals surface area contributed by atoms with Gasteiger partial charge in [0.2, 0.25) is 0 Å². The SMILES string of the molecule is CCCn1cc(NCc2cc(F)cc(F)c2)cn1. The predicted octanol–water partition coefficient (Wildman–Crippen LogP) is 3.18. The number of aromatic nitrogens is 2. The van der Waals surface area contributed by atoms with Gasteiger partial charge in [-0.15, -0.1) is 0 Å². The number of nitrogens with one attached hydrogen (secondary N) is 1. The van der Waals surface area contributed by atoms with Gasteiger partial charge in [-0.3, -0.25) is 4.68 Å². The zero-order chi connectivity index (χ0) is 13.0. The molecule has 0 aliphatic heterocycles. The van der Waals surface area contributed by atoms with Gasteiger partial charge in [0.05, 0.1) is 11.9 Å². The minimum atomic E-state index is -0.562. The average Bonchev–Trinajstić information content (AvgIpc) is 2.74. The molecule has 1 N–H and O–H groups in total. The highest BCUT2D eigenvalue weighted by molar-refractivity contribution is 5.39. The molecule has 0 unspecified atom stereocenters. The minimum Gasteiger partial charge on any atom is -0.378 e. The fourth-order valence-electron chi connectivity index (χ4n) is 1.72. The molecule has 0 fully saturated rings. The van der Waals surface area contributed by atoms with Crippen LogP contribution in [0, 0.1) is 11.6 Å². The van der Waals surface area contributed by atoms with Crippen molar-refractivity contribution >= 4 is 5.69 Å². The molecule has 1 heterocycles. The van der Waals surface area contributed by atoms with Crippen molar-refractivity contribution in [3.8, 4) is 0 Å². The van der Waals surface area contributed by atoms with Gasteiger partial charge in [0.25, 0.3) is 0 Å². The summed E-state index contributed by atoms with van der Waals surface area (Å²) in [6.07, 6.45) is 4.58. The Kier molecular flexibility index (Phi) is 3.92. The topological polar surface area (TPSA) is 29.9 Å². The van der Waals surface area contributed by atoms with E-state index in [9.17, 15) is 8.78 Å². The smallest absolute Gasteiger partial charge is 0.126 e. The van der Waals surface area contributed by atoms with Crippen LogP contribution >= 0.6 is 0 Å². The molecule has 0 bridgehead atoms. The van der Waals surface area contributed by atoms with E-state index in [-0.39, 0.29) is 0 Å². The minimum absolute atomic E-state index is 0.368. The monoisotopic (exact) mass is 251 g/mol. The molecule has 5 heteroatoms. The van der Waals surface area contributed by atoms with Gasteiger partial charge >= 0.3 is 0 Å².